The first-order valence-electron chi connectivity index (χ1n) is 5.56. The molecule has 1 atom stereocenters. The molecule has 1 amide bonds. The Kier molecular flexibility index (Phi) is 4.51. The van der Waals surface area contributed by atoms with E-state index in [9.17, 15) is 4.79 Å². The van der Waals surface area contributed by atoms with Crippen LogP contribution in [-0.4, -0.2) is 47.3 Å². The zero-order chi connectivity index (χ0) is 13.0. The second-order valence-electron chi connectivity index (χ2n) is 4.04. The normalized spacial score (nSPS) is 12.3. The summed E-state index contributed by atoms with van der Waals surface area (Å²) in [4.78, 5) is 13.7. The summed E-state index contributed by atoms with van der Waals surface area (Å²) in [6.07, 6.45) is 0.770. The van der Waals surface area contributed by atoms with Crippen LogP contribution >= 0.6 is 0 Å². The van der Waals surface area contributed by atoms with E-state index in [1.54, 1.807) is 32.2 Å². The van der Waals surface area contributed by atoms with E-state index in [2.05, 4.69) is 5.10 Å². The molecule has 0 aliphatic rings. The van der Waals surface area contributed by atoms with Crippen LogP contribution in [-0.2, 0) is 7.05 Å². The van der Waals surface area contributed by atoms with E-state index in [1.807, 2.05) is 6.92 Å². The summed E-state index contributed by atoms with van der Waals surface area (Å²) in [5.41, 5.74) is 5.86. The molecule has 1 aromatic rings. The Morgan fingerprint density at radius 2 is 2.35 bits per heavy atom. The van der Waals surface area contributed by atoms with Gasteiger partial charge in [0.15, 0.2) is 5.69 Å². The number of carbonyl (C=O) groups excluding carboxylic acids is 1. The number of aromatic nitrogens is 2. The first-order chi connectivity index (χ1) is 8.01. The van der Waals surface area contributed by atoms with Gasteiger partial charge in [-0.25, -0.2) is 4.68 Å². The van der Waals surface area contributed by atoms with Crippen molar-refractivity contribution in [1.29, 1.82) is 0 Å². The van der Waals surface area contributed by atoms with E-state index < -0.39 is 0 Å². The van der Waals surface area contributed by atoms with Gasteiger partial charge in [0, 0.05) is 26.2 Å². The van der Waals surface area contributed by atoms with E-state index in [0.29, 0.717) is 18.1 Å². The highest BCUT2D eigenvalue weighted by Gasteiger charge is 2.20. The maximum absolute atomic E-state index is 12.1. The second-order valence-corrected chi connectivity index (χ2v) is 4.04. The molecule has 0 saturated carbocycles. The molecule has 0 bridgehead atoms. The smallest absolute Gasteiger partial charge is 0.274 e. The van der Waals surface area contributed by atoms with Gasteiger partial charge in [-0.15, -0.1) is 0 Å². The van der Waals surface area contributed by atoms with Crippen molar-refractivity contribution in [3.05, 3.63) is 11.8 Å². The van der Waals surface area contributed by atoms with Gasteiger partial charge < -0.3 is 15.4 Å². The van der Waals surface area contributed by atoms with Crippen molar-refractivity contribution in [2.75, 3.05) is 20.7 Å². The molecule has 6 heteroatoms. The lowest BCUT2D eigenvalue weighted by molar-refractivity contribution is 0.0732. The Hall–Kier alpha value is -1.56. The third-order valence-corrected chi connectivity index (χ3v) is 2.83. The minimum atomic E-state index is -0.121. The molecule has 0 saturated heterocycles. The van der Waals surface area contributed by atoms with Crippen LogP contribution < -0.4 is 10.5 Å². The lowest BCUT2D eigenvalue weighted by atomic mass is 10.2. The van der Waals surface area contributed by atoms with Gasteiger partial charge in [-0.3, -0.25) is 4.79 Å². The number of methoxy groups -OCH3 is 1. The predicted octanol–water partition coefficient (Wildman–Crippen LogP) is 0.238. The van der Waals surface area contributed by atoms with Crippen molar-refractivity contribution in [1.82, 2.24) is 14.7 Å². The fraction of sp³-hybridized carbons (Fsp3) is 0.636. The van der Waals surface area contributed by atoms with Crippen LogP contribution in [0, 0.1) is 0 Å². The van der Waals surface area contributed by atoms with Crippen LogP contribution in [0.25, 0.3) is 0 Å². The molecular weight excluding hydrogens is 220 g/mol. The molecule has 96 valence electrons. The average molecular weight is 240 g/mol. The van der Waals surface area contributed by atoms with Gasteiger partial charge in [0.25, 0.3) is 5.91 Å². The summed E-state index contributed by atoms with van der Waals surface area (Å²) >= 11 is 0. The fourth-order valence-electron chi connectivity index (χ4n) is 1.56. The first-order valence-corrected chi connectivity index (χ1v) is 5.56. The molecule has 2 N–H and O–H groups in total. The van der Waals surface area contributed by atoms with Crippen LogP contribution in [0.4, 0.5) is 0 Å². The SMILES string of the molecule is COc1cc(C(=O)N(C)C(C)CCN)nn1C. The minimum Gasteiger partial charge on any atom is -0.481 e. The maximum Gasteiger partial charge on any atom is 0.274 e. The highest BCUT2D eigenvalue weighted by molar-refractivity contribution is 5.92. The Morgan fingerprint density at radius 3 is 2.82 bits per heavy atom. The van der Waals surface area contributed by atoms with Crippen LogP contribution in [0.15, 0.2) is 6.07 Å². The Balaban J connectivity index is 2.81. The lowest BCUT2D eigenvalue weighted by Crippen LogP contribution is -2.36. The van der Waals surface area contributed by atoms with Crippen molar-refractivity contribution in [3.63, 3.8) is 0 Å². The molecule has 1 rings (SSSR count). The number of hydrogen-bond acceptors (Lipinski definition) is 4. The largest absolute Gasteiger partial charge is 0.481 e. The summed E-state index contributed by atoms with van der Waals surface area (Å²) in [6, 6.07) is 1.73. The van der Waals surface area contributed by atoms with Gasteiger partial charge in [-0.05, 0) is 19.9 Å². The van der Waals surface area contributed by atoms with Crippen molar-refractivity contribution < 1.29 is 9.53 Å². The number of nitrogens with zero attached hydrogens (tertiary/aromatic N) is 3. The molecule has 0 aromatic carbocycles. The molecule has 17 heavy (non-hydrogen) atoms. The van der Waals surface area contributed by atoms with Gasteiger partial charge in [-0.2, -0.15) is 5.10 Å². The Bertz CT molecular complexity index is 389. The number of hydrogen-bond donors (Lipinski definition) is 1. The van der Waals surface area contributed by atoms with Gasteiger partial charge in [-0.1, -0.05) is 0 Å². The highest BCUT2D eigenvalue weighted by Crippen LogP contribution is 2.14. The second kappa shape index (κ2) is 5.67. The number of rotatable bonds is 5. The van der Waals surface area contributed by atoms with Crippen LogP contribution in [0.2, 0.25) is 0 Å². The zero-order valence-corrected chi connectivity index (χ0v) is 10.8. The first kappa shape index (κ1) is 13.5. The van der Waals surface area contributed by atoms with Crippen molar-refractivity contribution in [3.8, 4) is 5.88 Å². The molecule has 0 aliphatic heterocycles. The molecule has 6 nitrogen and oxygen atoms in total. The van der Waals surface area contributed by atoms with E-state index in [0.717, 1.165) is 6.42 Å². The lowest BCUT2D eigenvalue weighted by Gasteiger charge is -2.23. The standard InChI is InChI=1S/C11H20N4O2/c1-8(5-6-12)14(2)11(16)9-7-10(17-4)15(3)13-9/h7-8H,5-6,12H2,1-4H3. The Morgan fingerprint density at radius 1 is 1.71 bits per heavy atom. The summed E-state index contributed by atoms with van der Waals surface area (Å²) in [5, 5.41) is 4.11. The number of ether oxygens (including phenoxy) is 1. The third kappa shape index (κ3) is 2.97. The van der Waals surface area contributed by atoms with E-state index in [1.165, 1.54) is 4.68 Å². The Labute approximate surface area is 101 Å². The van der Waals surface area contributed by atoms with E-state index in [4.69, 9.17) is 10.5 Å². The number of aryl methyl sites for hydroxylation is 1. The third-order valence-electron chi connectivity index (χ3n) is 2.83. The zero-order valence-electron chi connectivity index (χ0n) is 10.8. The quantitative estimate of drug-likeness (QED) is 0.800. The summed E-state index contributed by atoms with van der Waals surface area (Å²) < 4.78 is 6.61. The number of amides is 1. The minimum absolute atomic E-state index is 0.0977. The van der Waals surface area contributed by atoms with Gasteiger partial charge in [0.2, 0.25) is 5.88 Å². The number of nitrogens with two attached hydrogens (primary N) is 1. The van der Waals surface area contributed by atoms with Crippen molar-refractivity contribution in [2.24, 2.45) is 12.8 Å². The van der Waals surface area contributed by atoms with Gasteiger partial charge >= 0.3 is 0 Å². The summed E-state index contributed by atoms with van der Waals surface area (Å²) in [7, 11) is 5.04. The van der Waals surface area contributed by atoms with E-state index >= 15 is 0 Å². The molecule has 0 aliphatic carbocycles. The monoisotopic (exact) mass is 240 g/mol. The molecule has 0 fully saturated rings. The van der Waals surface area contributed by atoms with Crippen molar-refractivity contribution >= 4 is 5.91 Å². The molecule has 1 heterocycles. The van der Waals surface area contributed by atoms with Gasteiger partial charge in [0.1, 0.15) is 0 Å². The van der Waals surface area contributed by atoms with Crippen molar-refractivity contribution in [2.45, 2.75) is 19.4 Å². The van der Waals surface area contributed by atoms with Crippen LogP contribution in [0.5, 0.6) is 5.88 Å². The summed E-state index contributed by atoms with van der Waals surface area (Å²) in [6.45, 7) is 2.52. The molecule has 0 spiro atoms. The average Bonchev–Trinajstić information content (AvgIpc) is 2.68. The van der Waals surface area contributed by atoms with E-state index in [-0.39, 0.29) is 11.9 Å². The predicted molar refractivity (Wildman–Crippen MR) is 65.0 cm³/mol. The molecule has 1 aromatic heterocycles. The topological polar surface area (TPSA) is 73.4 Å². The summed E-state index contributed by atoms with van der Waals surface area (Å²) in [5.74, 6) is 0.443. The fourth-order valence-corrected chi connectivity index (χ4v) is 1.56. The van der Waals surface area contributed by atoms with Crippen LogP contribution in [0.3, 0.4) is 0 Å². The highest BCUT2D eigenvalue weighted by atomic mass is 16.5. The van der Waals surface area contributed by atoms with Crippen LogP contribution in [0.1, 0.15) is 23.8 Å². The van der Waals surface area contributed by atoms with Gasteiger partial charge in [0.05, 0.1) is 7.11 Å². The molecule has 1 unspecified atom stereocenters. The molecule has 0 radical (unpaired) electrons. The number of carbonyl (C=O) groups is 1. The maximum atomic E-state index is 12.1. The molecular formula is C11H20N4O2.